The molecule has 4 heterocycles. The number of fused-ring (bicyclic) bond motifs is 7. The van der Waals surface area contributed by atoms with Crippen molar-refractivity contribution in [1.82, 2.24) is 14.1 Å². The van der Waals surface area contributed by atoms with Gasteiger partial charge in [-0.25, -0.2) is 4.98 Å². The molecule has 0 fully saturated rings. The summed E-state index contributed by atoms with van der Waals surface area (Å²) in [6, 6.07) is 68.5. The van der Waals surface area contributed by atoms with Gasteiger partial charge in [0.15, 0.2) is 5.58 Å². The van der Waals surface area contributed by atoms with Crippen LogP contribution >= 0.6 is 0 Å². The third-order valence-electron chi connectivity index (χ3n) is 12.7. The number of pyridine rings is 1. The fraction of sp³-hybridized carbons (Fsp3) is 0.0862. The summed E-state index contributed by atoms with van der Waals surface area (Å²) in [5.41, 5.74) is 13.8. The summed E-state index contributed by atoms with van der Waals surface area (Å²) >= 11 is 0. The van der Waals surface area contributed by atoms with E-state index in [9.17, 15) is 0 Å². The summed E-state index contributed by atoms with van der Waals surface area (Å²) < 4.78 is 18.4. The van der Waals surface area contributed by atoms with Gasteiger partial charge in [-0.1, -0.05) is 148 Å². The number of rotatable bonds is 6. The van der Waals surface area contributed by atoms with E-state index in [1.165, 1.54) is 10.9 Å². The van der Waals surface area contributed by atoms with Gasteiger partial charge < -0.3 is 18.6 Å². The Kier molecular flexibility index (Phi) is 8.70. The van der Waals surface area contributed by atoms with Gasteiger partial charge in [-0.15, -0.1) is 0 Å². The zero-order valence-corrected chi connectivity index (χ0v) is 35.9. The van der Waals surface area contributed by atoms with Crippen molar-refractivity contribution in [2.45, 2.75) is 32.9 Å². The summed E-state index contributed by atoms with van der Waals surface area (Å²) in [7, 11) is 0. The van der Waals surface area contributed by atoms with Crippen molar-refractivity contribution in [3.05, 3.63) is 206 Å². The minimum Gasteiger partial charge on any atom is -0.457 e. The van der Waals surface area contributed by atoms with Gasteiger partial charge >= 0.3 is 0 Å². The highest BCUT2D eigenvalue weighted by atomic mass is 16.5. The second kappa shape index (κ2) is 14.8. The molecule has 1 aliphatic heterocycles. The molecule has 64 heavy (non-hydrogen) atoms. The SMILES string of the molecule is CC(C)(C)c1ccnc(-n2c3ccccc3c3ccc(Oc4ccc5oc6ccccc6c6cccc7c6n(c5c4)CN7c4c(-c5ccccc5)cccc4-c4ccccc4)cc32)c1. The summed E-state index contributed by atoms with van der Waals surface area (Å²) in [4.78, 5) is 7.38. The van der Waals surface area contributed by atoms with E-state index in [-0.39, 0.29) is 5.41 Å². The molecule has 1 aliphatic rings. The standard InChI is InChI=1S/C58H44N4O2/c1-58(2,3)40-32-33-59-55(34-40)62-49-25-12-10-20-45(49)46-30-28-41(35-51(46)62)63-42-29-31-54-52(36-42)61-37-60(50-26-15-24-48(57(50)61)47-21-11-13-27-53(47)64-54)56-43(38-16-6-4-7-17-38)22-14-23-44(56)39-18-8-5-9-19-39/h4-36H,37H2,1-3H3. The third kappa shape index (κ3) is 6.21. The molecule has 6 heteroatoms. The first kappa shape index (κ1) is 37.7. The lowest BCUT2D eigenvalue weighted by Gasteiger charge is -2.26. The molecule has 3 aromatic heterocycles. The zero-order valence-electron chi connectivity index (χ0n) is 35.9. The molecule has 0 N–H and O–H groups in total. The molecular weight excluding hydrogens is 785 g/mol. The van der Waals surface area contributed by atoms with Crippen molar-refractivity contribution in [3.8, 4) is 39.6 Å². The monoisotopic (exact) mass is 828 g/mol. The topological polar surface area (TPSA) is 48.4 Å². The van der Waals surface area contributed by atoms with E-state index in [0.717, 1.165) is 94.6 Å². The van der Waals surface area contributed by atoms with E-state index in [0.29, 0.717) is 12.4 Å². The highest BCUT2D eigenvalue weighted by molar-refractivity contribution is 6.12. The quantitative estimate of drug-likeness (QED) is 0.167. The molecular formula is C58H44N4O2. The van der Waals surface area contributed by atoms with Crippen LogP contribution in [0.3, 0.4) is 0 Å². The van der Waals surface area contributed by atoms with Crippen LogP contribution < -0.4 is 9.64 Å². The predicted molar refractivity (Wildman–Crippen MR) is 264 cm³/mol. The second-order valence-corrected chi connectivity index (χ2v) is 17.6. The average Bonchev–Trinajstić information content (AvgIpc) is 3.88. The number of hydrogen-bond donors (Lipinski definition) is 0. The lowest BCUT2D eigenvalue weighted by atomic mass is 9.88. The van der Waals surface area contributed by atoms with E-state index >= 15 is 0 Å². The Bertz CT molecular complexity index is 3610. The molecule has 0 saturated heterocycles. The number of anilines is 2. The molecule has 308 valence electrons. The van der Waals surface area contributed by atoms with Crippen LogP contribution in [-0.4, -0.2) is 14.1 Å². The van der Waals surface area contributed by atoms with Crippen molar-refractivity contribution in [1.29, 1.82) is 0 Å². The Morgan fingerprint density at radius 1 is 0.516 bits per heavy atom. The molecule has 6 nitrogen and oxygen atoms in total. The minimum atomic E-state index is -0.0238. The van der Waals surface area contributed by atoms with Crippen molar-refractivity contribution in [2.24, 2.45) is 0 Å². The van der Waals surface area contributed by atoms with Gasteiger partial charge in [0, 0.05) is 51.0 Å². The van der Waals surface area contributed by atoms with Crippen molar-refractivity contribution < 1.29 is 9.15 Å². The van der Waals surface area contributed by atoms with Crippen molar-refractivity contribution >= 4 is 66.2 Å². The zero-order chi connectivity index (χ0) is 42.9. The van der Waals surface area contributed by atoms with Crippen LogP contribution in [0.5, 0.6) is 11.5 Å². The molecule has 0 saturated carbocycles. The van der Waals surface area contributed by atoms with Gasteiger partial charge in [-0.3, -0.25) is 4.57 Å². The predicted octanol–water partition coefficient (Wildman–Crippen LogP) is 15.7. The van der Waals surface area contributed by atoms with Gasteiger partial charge in [-0.2, -0.15) is 0 Å². The third-order valence-corrected chi connectivity index (χ3v) is 12.7. The Morgan fingerprint density at radius 2 is 1.14 bits per heavy atom. The van der Waals surface area contributed by atoms with E-state index in [1.54, 1.807) is 0 Å². The molecule has 11 aromatic rings. The second-order valence-electron chi connectivity index (χ2n) is 17.6. The average molecular weight is 829 g/mol. The number of para-hydroxylation sites is 4. The number of aromatic nitrogens is 3. The molecule has 0 atom stereocenters. The molecule has 0 amide bonds. The van der Waals surface area contributed by atoms with Crippen molar-refractivity contribution in [2.75, 3.05) is 4.90 Å². The first-order valence-electron chi connectivity index (χ1n) is 21.9. The van der Waals surface area contributed by atoms with E-state index < -0.39 is 0 Å². The molecule has 0 aliphatic carbocycles. The highest BCUT2D eigenvalue weighted by Crippen LogP contribution is 2.48. The summed E-state index contributed by atoms with van der Waals surface area (Å²) in [5, 5.41) is 4.46. The molecule has 0 unspecified atom stereocenters. The Labute approximate surface area is 371 Å². The van der Waals surface area contributed by atoms with E-state index in [2.05, 4.69) is 211 Å². The first-order valence-corrected chi connectivity index (χ1v) is 21.9. The number of benzene rings is 8. The van der Waals surface area contributed by atoms with Crippen LogP contribution in [0.25, 0.3) is 82.8 Å². The van der Waals surface area contributed by atoms with Crippen LogP contribution in [0.4, 0.5) is 11.4 Å². The Hall–Kier alpha value is -8.09. The smallest absolute Gasteiger partial charge is 0.151 e. The lowest BCUT2D eigenvalue weighted by molar-refractivity contribution is 0.483. The van der Waals surface area contributed by atoms with E-state index in [4.69, 9.17) is 14.1 Å². The van der Waals surface area contributed by atoms with Gasteiger partial charge in [0.1, 0.15) is 29.6 Å². The van der Waals surface area contributed by atoms with Crippen molar-refractivity contribution in [3.63, 3.8) is 0 Å². The summed E-state index contributed by atoms with van der Waals surface area (Å²) in [5.74, 6) is 2.32. The van der Waals surface area contributed by atoms with Gasteiger partial charge in [0.25, 0.3) is 0 Å². The van der Waals surface area contributed by atoms with Crippen LogP contribution in [0.15, 0.2) is 205 Å². The Balaban J connectivity index is 1.05. The molecule has 12 rings (SSSR count). The largest absolute Gasteiger partial charge is 0.457 e. The van der Waals surface area contributed by atoms with Gasteiger partial charge in [0.2, 0.25) is 0 Å². The van der Waals surface area contributed by atoms with Gasteiger partial charge in [0.05, 0.1) is 33.4 Å². The molecule has 8 aromatic carbocycles. The molecule has 0 radical (unpaired) electrons. The molecule has 0 bridgehead atoms. The maximum absolute atomic E-state index is 6.89. The number of nitrogens with zero attached hydrogens (tertiary/aromatic N) is 4. The fourth-order valence-electron chi connectivity index (χ4n) is 9.62. The maximum Gasteiger partial charge on any atom is 0.151 e. The lowest BCUT2D eigenvalue weighted by Crippen LogP contribution is -2.16. The molecule has 0 spiro atoms. The van der Waals surface area contributed by atoms with Crippen LogP contribution in [0.2, 0.25) is 0 Å². The van der Waals surface area contributed by atoms with Crippen LogP contribution in [0, 0.1) is 0 Å². The Morgan fingerprint density at radius 3 is 1.89 bits per heavy atom. The maximum atomic E-state index is 6.89. The summed E-state index contributed by atoms with van der Waals surface area (Å²) in [6.07, 6.45) is 1.92. The van der Waals surface area contributed by atoms with Crippen LogP contribution in [-0.2, 0) is 12.1 Å². The highest BCUT2D eigenvalue weighted by Gasteiger charge is 2.28. The van der Waals surface area contributed by atoms with Crippen LogP contribution in [0.1, 0.15) is 26.3 Å². The normalized spacial score (nSPS) is 12.5. The fourth-order valence-corrected chi connectivity index (χ4v) is 9.62. The van der Waals surface area contributed by atoms with Gasteiger partial charge in [-0.05, 0) is 76.7 Å². The first-order chi connectivity index (χ1) is 31.4. The minimum absolute atomic E-state index is 0.0238. The number of ether oxygens (including phenoxy) is 1. The summed E-state index contributed by atoms with van der Waals surface area (Å²) in [6.45, 7) is 7.26. The van der Waals surface area contributed by atoms with E-state index in [1.807, 2.05) is 24.4 Å². The number of hydrogen-bond acceptors (Lipinski definition) is 4.